The van der Waals surface area contributed by atoms with Gasteiger partial charge >= 0.3 is 6.03 Å². The summed E-state index contributed by atoms with van der Waals surface area (Å²) >= 11 is 0. The lowest BCUT2D eigenvalue weighted by Crippen LogP contribution is -2.19. The number of carbonyl (C=O) groups is 1. The molecule has 6 nitrogen and oxygen atoms in total. The summed E-state index contributed by atoms with van der Waals surface area (Å²) < 4.78 is 5.19. The molecule has 1 heterocycles. The van der Waals surface area contributed by atoms with Crippen molar-refractivity contribution in [2.45, 2.75) is 26.2 Å². The van der Waals surface area contributed by atoms with E-state index in [9.17, 15) is 4.79 Å². The highest BCUT2D eigenvalue weighted by molar-refractivity contribution is 5.99. The molecule has 0 fully saturated rings. The number of nitrogen functional groups attached to an aromatic ring is 1. The van der Waals surface area contributed by atoms with E-state index >= 15 is 0 Å². The van der Waals surface area contributed by atoms with Crippen molar-refractivity contribution >= 4 is 23.2 Å². The van der Waals surface area contributed by atoms with Gasteiger partial charge in [0, 0.05) is 22.9 Å². The number of amides is 2. The van der Waals surface area contributed by atoms with Crippen LogP contribution < -0.4 is 16.4 Å². The van der Waals surface area contributed by atoms with E-state index in [1.807, 2.05) is 20.8 Å². The van der Waals surface area contributed by atoms with Crippen LogP contribution in [0, 0.1) is 0 Å². The van der Waals surface area contributed by atoms with E-state index in [1.165, 1.54) is 0 Å². The van der Waals surface area contributed by atoms with Crippen molar-refractivity contribution in [3.63, 3.8) is 0 Å². The quantitative estimate of drug-likeness (QED) is 0.733. The van der Waals surface area contributed by atoms with Gasteiger partial charge in [-0.2, -0.15) is 0 Å². The summed E-state index contributed by atoms with van der Waals surface area (Å²) in [7, 11) is 0. The van der Waals surface area contributed by atoms with Crippen molar-refractivity contribution in [3.05, 3.63) is 36.1 Å². The number of rotatable bonds is 2. The van der Waals surface area contributed by atoms with Crippen LogP contribution >= 0.6 is 0 Å². The molecule has 0 aliphatic carbocycles. The van der Waals surface area contributed by atoms with Gasteiger partial charge in [-0.25, -0.2) is 4.79 Å². The second kappa shape index (κ2) is 5.24. The molecular formula is C14H18N4O2. The van der Waals surface area contributed by atoms with Gasteiger partial charge in [0.05, 0.1) is 0 Å². The van der Waals surface area contributed by atoms with Crippen LogP contribution in [0.5, 0.6) is 0 Å². The predicted octanol–water partition coefficient (Wildman–Crippen LogP) is 3.20. The molecule has 2 amide bonds. The second-order valence-corrected chi connectivity index (χ2v) is 5.53. The summed E-state index contributed by atoms with van der Waals surface area (Å²) in [6.07, 6.45) is 0. The number of hydrogen-bond acceptors (Lipinski definition) is 4. The molecule has 0 aliphatic rings. The molecule has 0 saturated heterocycles. The SMILES string of the molecule is CC(C)(C)c1cc(NC(=O)Nc2ccc(N)cc2)no1. The number of nitrogens with two attached hydrogens (primary N) is 1. The molecule has 20 heavy (non-hydrogen) atoms. The first-order valence-corrected chi connectivity index (χ1v) is 6.25. The van der Waals surface area contributed by atoms with Gasteiger partial charge in [-0.05, 0) is 24.3 Å². The Bertz CT molecular complexity index is 596. The maximum absolute atomic E-state index is 11.8. The molecule has 2 aromatic rings. The highest BCUT2D eigenvalue weighted by atomic mass is 16.5. The Hall–Kier alpha value is -2.50. The van der Waals surface area contributed by atoms with Crippen LogP contribution in [-0.4, -0.2) is 11.2 Å². The van der Waals surface area contributed by atoms with Crippen molar-refractivity contribution in [1.29, 1.82) is 0 Å². The number of nitrogens with zero attached hydrogens (tertiary/aromatic N) is 1. The minimum absolute atomic E-state index is 0.152. The van der Waals surface area contributed by atoms with E-state index in [4.69, 9.17) is 10.3 Å². The van der Waals surface area contributed by atoms with Gasteiger partial charge in [0.1, 0.15) is 5.76 Å². The standard InChI is InChI=1S/C14H18N4O2/c1-14(2,3)11-8-12(18-20-11)17-13(19)16-10-6-4-9(15)5-7-10/h4-8H,15H2,1-3H3,(H2,16,17,18,19). The van der Waals surface area contributed by atoms with Crippen LogP contribution in [0.15, 0.2) is 34.9 Å². The molecule has 1 aromatic heterocycles. The van der Waals surface area contributed by atoms with Crippen molar-refractivity contribution < 1.29 is 9.32 Å². The lowest BCUT2D eigenvalue weighted by Gasteiger charge is -2.12. The zero-order valence-electron chi connectivity index (χ0n) is 11.7. The molecular weight excluding hydrogens is 256 g/mol. The van der Waals surface area contributed by atoms with Crippen molar-refractivity contribution in [1.82, 2.24) is 5.16 Å². The van der Waals surface area contributed by atoms with E-state index in [0.29, 0.717) is 23.0 Å². The Morgan fingerprint density at radius 1 is 1.20 bits per heavy atom. The third-order valence-electron chi connectivity index (χ3n) is 2.66. The Kier molecular flexibility index (Phi) is 3.65. The minimum Gasteiger partial charge on any atom is -0.399 e. The summed E-state index contributed by atoms with van der Waals surface area (Å²) in [5, 5.41) is 9.10. The average Bonchev–Trinajstić information content (AvgIpc) is 2.80. The van der Waals surface area contributed by atoms with Crippen LogP contribution in [0.4, 0.5) is 22.0 Å². The number of benzene rings is 1. The first kappa shape index (κ1) is 13.9. The molecule has 0 bridgehead atoms. The maximum atomic E-state index is 11.8. The fraction of sp³-hybridized carbons (Fsp3) is 0.286. The monoisotopic (exact) mass is 274 g/mol. The molecule has 0 atom stereocenters. The van der Waals surface area contributed by atoms with E-state index in [0.717, 1.165) is 0 Å². The van der Waals surface area contributed by atoms with Gasteiger partial charge in [-0.1, -0.05) is 25.9 Å². The summed E-state index contributed by atoms with van der Waals surface area (Å²) in [6.45, 7) is 6.02. The zero-order valence-corrected chi connectivity index (χ0v) is 11.7. The summed E-state index contributed by atoms with van der Waals surface area (Å²) in [4.78, 5) is 11.8. The third-order valence-corrected chi connectivity index (χ3v) is 2.66. The lowest BCUT2D eigenvalue weighted by molar-refractivity contribution is 0.262. The van der Waals surface area contributed by atoms with Crippen LogP contribution in [0.25, 0.3) is 0 Å². The van der Waals surface area contributed by atoms with Crippen LogP contribution in [0.1, 0.15) is 26.5 Å². The number of hydrogen-bond donors (Lipinski definition) is 3. The van der Waals surface area contributed by atoms with Gasteiger partial charge in [-0.3, -0.25) is 5.32 Å². The normalized spacial score (nSPS) is 11.2. The highest BCUT2D eigenvalue weighted by Gasteiger charge is 2.20. The molecule has 0 unspecified atom stereocenters. The Morgan fingerprint density at radius 2 is 1.85 bits per heavy atom. The van der Waals surface area contributed by atoms with Crippen LogP contribution in [-0.2, 0) is 5.41 Å². The molecule has 106 valence electrons. The first-order valence-electron chi connectivity index (χ1n) is 6.25. The molecule has 0 saturated carbocycles. The maximum Gasteiger partial charge on any atom is 0.324 e. The van der Waals surface area contributed by atoms with E-state index in [1.54, 1.807) is 30.3 Å². The number of aromatic nitrogens is 1. The smallest absolute Gasteiger partial charge is 0.324 e. The van der Waals surface area contributed by atoms with Gasteiger partial charge in [0.25, 0.3) is 0 Å². The Morgan fingerprint density at radius 3 is 2.40 bits per heavy atom. The number of carbonyl (C=O) groups excluding carboxylic acids is 1. The minimum atomic E-state index is -0.386. The fourth-order valence-corrected chi connectivity index (χ4v) is 1.53. The van der Waals surface area contributed by atoms with E-state index < -0.39 is 0 Å². The molecule has 0 aliphatic heterocycles. The number of urea groups is 1. The summed E-state index contributed by atoms with van der Waals surface area (Å²) in [5.74, 6) is 1.09. The van der Waals surface area contributed by atoms with E-state index in [2.05, 4.69) is 15.8 Å². The Balaban J connectivity index is 1.98. The highest BCUT2D eigenvalue weighted by Crippen LogP contribution is 2.24. The third kappa shape index (κ3) is 3.50. The largest absolute Gasteiger partial charge is 0.399 e. The first-order chi connectivity index (χ1) is 9.34. The summed E-state index contributed by atoms with van der Waals surface area (Å²) in [5.41, 5.74) is 6.71. The second-order valence-electron chi connectivity index (χ2n) is 5.53. The lowest BCUT2D eigenvalue weighted by atomic mass is 9.93. The van der Waals surface area contributed by atoms with Crippen LogP contribution in [0.3, 0.4) is 0 Å². The van der Waals surface area contributed by atoms with Crippen LogP contribution in [0.2, 0.25) is 0 Å². The molecule has 1 aromatic carbocycles. The summed E-state index contributed by atoms with van der Waals surface area (Å²) in [6, 6.07) is 8.19. The zero-order chi connectivity index (χ0) is 14.8. The average molecular weight is 274 g/mol. The predicted molar refractivity (Wildman–Crippen MR) is 78.7 cm³/mol. The fourth-order valence-electron chi connectivity index (χ4n) is 1.53. The molecule has 6 heteroatoms. The van der Waals surface area contributed by atoms with E-state index in [-0.39, 0.29) is 11.4 Å². The van der Waals surface area contributed by atoms with Crippen molar-refractivity contribution in [3.8, 4) is 0 Å². The van der Waals surface area contributed by atoms with Gasteiger partial charge in [0.15, 0.2) is 5.82 Å². The van der Waals surface area contributed by atoms with Gasteiger partial charge in [-0.15, -0.1) is 0 Å². The van der Waals surface area contributed by atoms with Crippen molar-refractivity contribution in [2.75, 3.05) is 16.4 Å². The Labute approximate surface area is 117 Å². The molecule has 2 rings (SSSR count). The molecule has 0 spiro atoms. The number of nitrogens with one attached hydrogen (secondary N) is 2. The number of anilines is 3. The topological polar surface area (TPSA) is 93.2 Å². The van der Waals surface area contributed by atoms with Gasteiger partial charge in [0.2, 0.25) is 0 Å². The molecule has 4 N–H and O–H groups in total. The van der Waals surface area contributed by atoms with Gasteiger partial charge < -0.3 is 15.6 Å². The van der Waals surface area contributed by atoms with Crippen molar-refractivity contribution in [2.24, 2.45) is 0 Å². The molecule has 0 radical (unpaired) electrons.